The first-order valence-electron chi connectivity index (χ1n) is 8.61. The summed E-state index contributed by atoms with van der Waals surface area (Å²) in [6.45, 7) is 1.67. The number of nitrogens with zero attached hydrogens (tertiary/aromatic N) is 4. The summed E-state index contributed by atoms with van der Waals surface area (Å²) in [5.41, 5.74) is 2.50. The number of hydrogen-bond acceptors (Lipinski definition) is 7. The van der Waals surface area contributed by atoms with E-state index >= 15 is 0 Å². The van der Waals surface area contributed by atoms with E-state index in [1.54, 1.807) is 12.4 Å². The molecule has 0 radical (unpaired) electrons. The smallest absolute Gasteiger partial charge is 0.323 e. The minimum Gasteiger partial charge on any atom is -0.480 e. The third kappa shape index (κ3) is 3.41. The number of aromatic nitrogens is 4. The Bertz CT molecular complexity index is 1080. The Morgan fingerprint density at radius 2 is 1.93 bits per heavy atom. The molecule has 3 heterocycles. The van der Waals surface area contributed by atoms with Gasteiger partial charge in [-0.25, -0.2) is 15.0 Å². The van der Waals surface area contributed by atoms with Crippen LogP contribution in [-0.2, 0) is 11.3 Å². The van der Waals surface area contributed by atoms with E-state index in [0.717, 1.165) is 21.3 Å². The highest BCUT2D eigenvalue weighted by Gasteiger charge is 2.25. The molecule has 9 nitrogen and oxygen atoms in total. The van der Waals surface area contributed by atoms with Crippen molar-refractivity contribution in [1.82, 2.24) is 19.5 Å². The Labute approximate surface area is 159 Å². The maximum absolute atomic E-state index is 12.5. The van der Waals surface area contributed by atoms with Crippen LogP contribution in [0.4, 0.5) is 5.69 Å². The van der Waals surface area contributed by atoms with Crippen LogP contribution in [0.25, 0.3) is 11.1 Å². The lowest BCUT2D eigenvalue weighted by molar-refractivity contribution is -0.137. The minimum absolute atomic E-state index is 0.163. The van der Waals surface area contributed by atoms with Crippen molar-refractivity contribution in [2.45, 2.75) is 19.5 Å². The minimum atomic E-state index is -1.12. The van der Waals surface area contributed by atoms with Gasteiger partial charge in [0.2, 0.25) is 5.88 Å². The first kappa shape index (κ1) is 17.7. The molecule has 0 fully saturated rings. The first-order valence-corrected chi connectivity index (χ1v) is 8.61. The van der Waals surface area contributed by atoms with Crippen molar-refractivity contribution in [3.05, 3.63) is 64.7 Å². The third-order valence-electron chi connectivity index (χ3n) is 4.44. The average molecular weight is 379 g/mol. The number of carboxylic acid groups (broad SMARTS) is 1. The summed E-state index contributed by atoms with van der Waals surface area (Å²) in [6, 6.07) is 7.52. The fraction of sp³-hybridized carbons (Fsp3) is 0.211. The van der Waals surface area contributed by atoms with Crippen molar-refractivity contribution in [1.29, 1.82) is 0 Å². The summed E-state index contributed by atoms with van der Waals surface area (Å²) in [5, 5.41) is 12.0. The Kier molecular flexibility index (Phi) is 4.48. The normalized spacial score (nSPS) is 15.2. The molecular weight excluding hydrogens is 362 g/mol. The summed E-state index contributed by atoms with van der Waals surface area (Å²) < 4.78 is 6.63. The second-order valence-corrected chi connectivity index (χ2v) is 6.40. The highest BCUT2D eigenvalue weighted by atomic mass is 16.5. The van der Waals surface area contributed by atoms with Crippen LogP contribution in [0, 0.1) is 6.92 Å². The van der Waals surface area contributed by atoms with Gasteiger partial charge in [-0.1, -0.05) is 24.3 Å². The molecule has 1 aliphatic heterocycles. The predicted molar refractivity (Wildman–Crippen MR) is 100 cm³/mol. The molecule has 0 aliphatic carbocycles. The molecule has 1 aliphatic rings. The van der Waals surface area contributed by atoms with Gasteiger partial charge in [-0.2, -0.15) is 0 Å². The van der Waals surface area contributed by atoms with Gasteiger partial charge in [0.1, 0.15) is 25.3 Å². The second kappa shape index (κ2) is 7.10. The number of aryl methyl sites for hydroxylation is 1. The topological polar surface area (TPSA) is 119 Å². The molecule has 0 spiro atoms. The fourth-order valence-electron chi connectivity index (χ4n) is 2.97. The highest BCUT2D eigenvalue weighted by molar-refractivity contribution is 5.67. The molecule has 3 aromatic rings. The van der Waals surface area contributed by atoms with E-state index in [4.69, 9.17) is 9.84 Å². The Hall–Kier alpha value is -3.75. The highest BCUT2D eigenvalue weighted by Crippen LogP contribution is 2.30. The van der Waals surface area contributed by atoms with Crippen LogP contribution in [-0.4, -0.2) is 37.2 Å². The number of rotatable bonds is 4. The van der Waals surface area contributed by atoms with Crippen molar-refractivity contribution in [2.24, 2.45) is 0 Å². The molecule has 28 heavy (non-hydrogen) atoms. The van der Waals surface area contributed by atoms with E-state index in [-0.39, 0.29) is 17.6 Å². The Balaban J connectivity index is 1.58. The summed E-state index contributed by atoms with van der Waals surface area (Å²) in [4.78, 5) is 35.8. The zero-order chi connectivity index (χ0) is 19.7. The van der Waals surface area contributed by atoms with Crippen molar-refractivity contribution in [3.63, 3.8) is 0 Å². The van der Waals surface area contributed by atoms with Gasteiger partial charge in [0, 0.05) is 18.0 Å². The Morgan fingerprint density at radius 3 is 2.61 bits per heavy atom. The summed E-state index contributed by atoms with van der Waals surface area (Å²) in [5.74, 6) is -0.228. The van der Waals surface area contributed by atoms with E-state index in [1.807, 2.05) is 31.2 Å². The van der Waals surface area contributed by atoms with Crippen molar-refractivity contribution in [2.75, 3.05) is 11.9 Å². The molecule has 4 rings (SSSR count). The van der Waals surface area contributed by atoms with E-state index in [9.17, 15) is 9.59 Å². The second-order valence-electron chi connectivity index (χ2n) is 6.40. The fourth-order valence-corrected chi connectivity index (χ4v) is 2.97. The van der Waals surface area contributed by atoms with Crippen LogP contribution < -0.4 is 15.6 Å². The van der Waals surface area contributed by atoms with E-state index in [2.05, 4.69) is 20.3 Å². The molecule has 9 heteroatoms. The number of hydrogen-bond donors (Lipinski definition) is 2. The lowest BCUT2D eigenvalue weighted by atomic mass is 10.0. The van der Waals surface area contributed by atoms with Crippen LogP contribution in [0.1, 0.15) is 17.4 Å². The maximum Gasteiger partial charge on any atom is 0.323 e. The van der Waals surface area contributed by atoms with Gasteiger partial charge in [0.25, 0.3) is 5.56 Å². The molecule has 0 unspecified atom stereocenters. The van der Waals surface area contributed by atoms with E-state index < -0.39 is 18.1 Å². The quantitative estimate of drug-likeness (QED) is 0.702. The van der Waals surface area contributed by atoms with E-state index in [0.29, 0.717) is 12.4 Å². The molecule has 0 bridgehead atoms. The molecule has 0 saturated heterocycles. The number of carbonyl (C=O) groups is 1. The molecule has 0 saturated carbocycles. The van der Waals surface area contributed by atoms with Gasteiger partial charge >= 0.3 is 5.97 Å². The number of anilines is 1. The molecular formula is C19H17N5O4. The number of aliphatic carboxylic acids is 1. The van der Waals surface area contributed by atoms with Gasteiger partial charge in [-0.3, -0.25) is 14.2 Å². The first-order chi connectivity index (χ1) is 13.5. The van der Waals surface area contributed by atoms with Crippen LogP contribution in [0.15, 0.2) is 47.8 Å². The number of carboxylic acids is 1. The number of ether oxygens (including phenoxy) is 1. The standard InChI is InChI=1S/C19H17N5O4/c1-11-20-6-14(7-21-11)12-2-4-13(5-3-12)15-9-28-18-17(23-15)19(27)24(10-22-18)8-16(25)26/h2-7,10,15,23H,8-9H2,1H3,(H,25,26)/t15-/m0/s1. The number of nitrogens with one attached hydrogen (secondary N) is 1. The molecule has 1 atom stereocenters. The molecule has 2 aromatic heterocycles. The molecule has 142 valence electrons. The largest absolute Gasteiger partial charge is 0.480 e. The number of fused-ring (bicyclic) bond motifs is 1. The van der Waals surface area contributed by atoms with Crippen molar-refractivity contribution in [3.8, 4) is 17.0 Å². The summed E-state index contributed by atoms with van der Waals surface area (Å²) >= 11 is 0. The SMILES string of the molecule is Cc1ncc(-c2ccc([C@@H]3COc4ncn(CC(=O)O)c(=O)c4N3)cc2)cn1. The zero-order valence-electron chi connectivity index (χ0n) is 15.0. The summed E-state index contributed by atoms with van der Waals surface area (Å²) in [7, 11) is 0. The van der Waals surface area contributed by atoms with Crippen LogP contribution >= 0.6 is 0 Å². The monoisotopic (exact) mass is 379 g/mol. The average Bonchev–Trinajstić information content (AvgIpc) is 2.70. The van der Waals surface area contributed by atoms with Crippen LogP contribution in [0.2, 0.25) is 0 Å². The number of benzene rings is 1. The molecule has 1 aromatic carbocycles. The van der Waals surface area contributed by atoms with Gasteiger partial charge in [-0.15, -0.1) is 0 Å². The summed E-state index contributed by atoms with van der Waals surface area (Å²) in [6.07, 6.45) is 4.72. The lowest BCUT2D eigenvalue weighted by Crippen LogP contribution is -2.33. The van der Waals surface area contributed by atoms with Crippen molar-refractivity contribution >= 4 is 11.7 Å². The third-order valence-corrected chi connectivity index (χ3v) is 4.44. The van der Waals surface area contributed by atoms with Gasteiger partial charge in [-0.05, 0) is 18.1 Å². The molecule has 0 amide bonds. The van der Waals surface area contributed by atoms with Crippen LogP contribution in [0.3, 0.4) is 0 Å². The molecule has 2 N–H and O–H groups in total. The van der Waals surface area contributed by atoms with Crippen LogP contribution in [0.5, 0.6) is 5.88 Å². The Morgan fingerprint density at radius 1 is 1.21 bits per heavy atom. The lowest BCUT2D eigenvalue weighted by Gasteiger charge is -2.26. The van der Waals surface area contributed by atoms with E-state index in [1.165, 1.54) is 6.33 Å². The van der Waals surface area contributed by atoms with Gasteiger partial charge in [0.15, 0.2) is 5.69 Å². The maximum atomic E-state index is 12.5. The zero-order valence-corrected chi connectivity index (χ0v) is 15.0. The van der Waals surface area contributed by atoms with Gasteiger partial charge < -0.3 is 15.2 Å². The predicted octanol–water partition coefficient (Wildman–Crippen LogP) is 1.64. The van der Waals surface area contributed by atoms with Gasteiger partial charge in [0.05, 0.1) is 6.04 Å². The van der Waals surface area contributed by atoms with Crippen molar-refractivity contribution < 1.29 is 14.6 Å².